The number of aliphatic hydroxyl groups is 1. The molecule has 0 aliphatic heterocycles. The molecule has 0 radical (unpaired) electrons. The number of benzene rings is 2. The lowest BCUT2D eigenvalue weighted by molar-refractivity contribution is -0.274. The summed E-state index contributed by atoms with van der Waals surface area (Å²) in [7, 11) is 0. The topological polar surface area (TPSA) is 79.3 Å². The van der Waals surface area contributed by atoms with Crippen LogP contribution in [0.5, 0.6) is 5.75 Å². The van der Waals surface area contributed by atoms with Crippen LogP contribution in [0.15, 0.2) is 53.0 Å². The van der Waals surface area contributed by atoms with Crippen LogP contribution >= 0.6 is 15.9 Å². The third-order valence-corrected chi connectivity index (χ3v) is 5.13. The van der Waals surface area contributed by atoms with E-state index in [1.165, 1.54) is 18.2 Å². The van der Waals surface area contributed by atoms with Gasteiger partial charge in [-0.1, -0.05) is 34.1 Å². The van der Waals surface area contributed by atoms with Crippen LogP contribution in [0.4, 0.5) is 30.6 Å². The van der Waals surface area contributed by atoms with Gasteiger partial charge in [-0.05, 0) is 43.7 Å². The van der Waals surface area contributed by atoms with E-state index in [1.54, 1.807) is 19.1 Å². The van der Waals surface area contributed by atoms with Crippen LogP contribution in [-0.4, -0.2) is 34.1 Å². The van der Waals surface area contributed by atoms with Crippen molar-refractivity contribution in [2.24, 2.45) is 0 Å². The van der Waals surface area contributed by atoms with Gasteiger partial charge in [0.2, 0.25) is 5.95 Å². The molecule has 0 fully saturated rings. The van der Waals surface area contributed by atoms with Gasteiger partial charge in [0.05, 0.1) is 12.3 Å². The molecule has 0 unspecified atom stereocenters. The molecule has 1 aromatic heterocycles. The first-order valence-corrected chi connectivity index (χ1v) is 10.1. The fourth-order valence-electron chi connectivity index (χ4n) is 2.72. The molecule has 3 aromatic rings. The van der Waals surface area contributed by atoms with Gasteiger partial charge in [0, 0.05) is 27.8 Å². The number of hydrogen-bond donors (Lipinski definition) is 3. The Hall–Kier alpha value is -2.85. The quantitative estimate of drug-likeness (QED) is 0.392. The Morgan fingerprint density at radius 3 is 2.58 bits per heavy atom. The Bertz CT molecular complexity index is 1060. The second kappa shape index (κ2) is 9.52. The predicted molar refractivity (Wildman–Crippen MR) is 116 cm³/mol. The number of halogens is 4. The Labute approximate surface area is 185 Å². The number of aromatic nitrogens is 2. The second-order valence-electron chi connectivity index (χ2n) is 6.80. The van der Waals surface area contributed by atoms with Gasteiger partial charge in [-0.3, -0.25) is 0 Å². The molecule has 0 amide bonds. The Kier molecular flexibility index (Phi) is 7.01. The van der Waals surface area contributed by atoms with E-state index in [4.69, 9.17) is 0 Å². The minimum atomic E-state index is -4.79. The summed E-state index contributed by atoms with van der Waals surface area (Å²) >= 11 is 3.48. The Balaban J connectivity index is 2.01. The van der Waals surface area contributed by atoms with Crippen LogP contribution in [0, 0.1) is 6.92 Å². The van der Waals surface area contributed by atoms with E-state index in [0.717, 1.165) is 15.7 Å². The van der Waals surface area contributed by atoms with Gasteiger partial charge in [0.15, 0.2) is 0 Å². The third kappa shape index (κ3) is 6.31. The third-order valence-electron chi connectivity index (χ3n) is 4.27. The average molecular weight is 497 g/mol. The Morgan fingerprint density at radius 2 is 1.87 bits per heavy atom. The number of nitrogens with one attached hydrogen (secondary N) is 2. The van der Waals surface area contributed by atoms with Gasteiger partial charge in [-0.25, -0.2) is 4.98 Å². The van der Waals surface area contributed by atoms with Crippen LogP contribution in [0.2, 0.25) is 0 Å². The molecule has 3 rings (SSSR count). The van der Waals surface area contributed by atoms with Gasteiger partial charge < -0.3 is 20.5 Å². The van der Waals surface area contributed by atoms with E-state index in [1.807, 2.05) is 25.1 Å². The molecule has 0 bridgehead atoms. The Morgan fingerprint density at radius 1 is 1.13 bits per heavy atom. The maximum atomic E-state index is 12.6. The van der Waals surface area contributed by atoms with Gasteiger partial charge in [0.1, 0.15) is 11.6 Å². The minimum Gasteiger partial charge on any atom is -0.406 e. The average Bonchev–Trinajstić information content (AvgIpc) is 2.70. The molecule has 164 valence electrons. The molecular weight excluding hydrogens is 477 g/mol. The summed E-state index contributed by atoms with van der Waals surface area (Å²) < 4.78 is 42.7. The van der Waals surface area contributed by atoms with E-state index < -0.39 is 6.36 Å². The first-order valence-electron chi connectivity index (χ1n) is 9.29. The molecule has 1 heterocycles. The molecule has 0 aliphatic rings. The van der Waals surface area contributed by atoms with Gasteiger partial charge in [-0.15, -0.1) is 13.2 Å². The van der Waals surface area contributed by atoms with Crippen molar-refractivity contribution in [2.45, 2.75) is 26.3 Å². The van der Waals surface area contributed by atoms with Gasteiger partial charge >= 0.3 is 6.36 Å². The maximum Gasteiger partial charge on any atom is 0.573 e. The van der Waals surface area contributed by atoms with Crippen molar-refractivity contribution >= 4 is 33.4 Å². The van der Waals surface area contributed by atoms with E-state index in [9.17, 15) is 18.3 Å². The zero-order chi connectivity index (χ0) is 22.6. The summed E-state index contributed by atoms with van der Waals surface area (Å²) in [5, 5.41) is 15.5. The number of anilines is 3. The van der Waals surface area contributed by atoms with Crippen LogP contribution in [0.1, 0.15) is 12.5 Å². The highest BCUT2D eigenvalue weighted by Crippen LogP contribution is 2.31. The van der Waals surface area contributed by atoms with Crippen molar-refractivity contribution in [2.75, 3.05) is 17.2 Å². The van der Waals surface area contributed by atoms with Crippen LogP contribution in [-0.2, 0) is 0 Å². The number of aliphatic hydroxyl groups excluding tert-OH is 1. The van der Waals surface area contributed by atoms with E-state index >= 15 is 0 Å². The lowest BCUT2D eigenvalue weighted by Crippen LogP contribution is -2.21. The summed E-state index contributed by atoms with van der Waals surface area (Å²) in [6.45, 7) is 3.54. The molecule has 3 N–H and O–H groups in total. The maximum absolute atomic E-state index is 12.6. The highest BCUT2D eigenvalue weighted by Gasteiger charge is 2.31. The number of hydrogen-bond acceptors (Lipinski definition) is 6. The zero-order valence-corrected chi connectivity index (χ0v) is 18.3. The molecule has 0 aliphatic carbocycles. The number of nitrogens with zero attached hydrogens (tertiary/aromatic N) is 2. The molecule has 0 saturated heterocycles. The fourth-order valence-corrected chi connectivity index (χ4v) is 3.09. The second-order valence-corrected chi connectivity index (χ2v) is 7.66. The fraction of sp³-hybridized carbons (Fsp3) is 0.238. The minimum absolute atomic E-state index is 0.143. The van der Waals surface area contributed by atoms with Crippen molar-refractivity contribution in [3.8, 4) is 17.0 Å². The number of ether oxygens (including phenoxy) is 1. The smallest absolute Gasteiger partial charge is 0.406 e. The monoisotopic (exact) mass is 496 g/mol. The molecular formula is C21H20BrF3N4O2. The highest BCUT2D eigenvalue weighted by molar-refractivity contribution is 9.10. The van der Waals surface area contributed by atoms with Crippen LogP contribution in [0.25, 0.3) is 11.3 Å². The highest BCUT2D eigenvalue weighted by atomic mass is 79.9. The molecule has 0 spiro atoms. The van der Waals surface area contributed by atoms with E-state index in [-0.39, 0.29) is 24.3 Å². The lowest BCUT2D eigenvalue weighted by atomic mass is 10.1. The van der Waals surface area contributed by atoms with Gasteiger partial charge in [-0.2, -0.15) is 4.98 Å². The molecule has 1 atom stereocenters. The van der Waals surface area contributed by atoms with Crippen molar-refractivity contribution in [1.82, 2.24) is 9.97 Å². The molecule has 6 nitrogen and oxygen atoms in total. The summed E-state index contributed by atoms with van der Waals surface area (Å²) in [6, 6.07) is 12.5. The van der Waals surface area contributed by atoms with Crippen LogP contribution in [0.3, 0.4) is 0 Å². The van der Waals surface area contributed by atoms with E-state index in [0.29, 0.717) is 17.1 Å². The standard InChI is InChI=1S/C21H20BrF3N4O2/c1-12(11-30)26-20-28-18(14-5-3-6-15(9-14)31-21(23,24)25)10-19(29-20)27-17-8-4-7-16(22)13(17)2/h3-10,12,30H,11H2,1-2H3,(H2,26,27,28,29)/t12-/m0/s1. The molecule has 10 heteroatoms. The summed E-state index contributed by atoms with van der Waals surface area (Å²) in [5.74, 6) is 0.302. The van der Waals surface area contributed by atoms with Crippen molar-refractivity contribution in [1.29, 1.82) is 0 Å². The summed E-state index contributed by atoms with van der Waals surface area (Å²) in [5.41, 5.74) is 2.55. The van der Waals surface area contributed by atoms with Crippen molar-refractivity contribution in [3.05, 3.63) is 58.6 Å². The zero-order valence-electron chi connectivity index (χ0n) is 16.7. The predicted octanol–water partition coefficient (Wildman–Crippen LogP) is 5.65. The van der Waals surface area contributed by atoms with Crippen LogP contribution < -0.4 is 15.4 Å². The lowest BCUT2D eigenvalue weighted by Gasteiger charge is -2.16. The SMILES string of the molecule is Cc1c(Br)cccc1Nc1cc(-c2cccc(OC(F)(F)F)c2)nc(N[C@@H](C)CO)n1. The molecule has 31 heavy (non-hydrogen) atoms. The molecule has 0 saturated carbocycles. The summed E-state index contributed by atoms with van der Waals surface area (Å²) in [6.07, 6.45) is -4.79. The summed E-state index contributed by atoms with van der Waals surface area (Å²) in [4.78, 5) is 8.82. The van der Waals surface area contributed by atoms with Crippen molar-refractivity contribution in [3.63, 3.8) is 0 Å². The number of alkyl halides is 3. The van der Waals surface area contributed by atoms with Crippen molar-refractivity contribution < 1.29 is 23.0 Å². The first kappa shape index (κ1) is 22.8. The first-order chi connectivity index (χ1) is 14.6. The van der Waals surface area contributed by atoms with Gasteiger partial charge in [0.25, 0.3) is 0 Å². The number of rotatable bonds is 7. The van der Waals surface area contributed by atoms with E-state index in [2.05, 4.69) is 41.3 Å². The molecule has 2 aromatic carbocycles. The normalized spacial score (nSPS) is 12.4. The largest absolute Gasteiger partial charge is 0.573 e.